The Morgan fingerprint density at radius 3 is 2.50 bits per heavy atom. The lowest BCUT2D eigenvalue weighted by molar-refractivity contribution is -0.111. The van der Waals surface area contributed by atoms with E-state index in [2.05, 4.69) is 15.8 Å². The molecule has 12 heavy (non-hydrogen) atoms. The van der Waals surface area contributed by atoms with Gasteiger partial charge in [0.25, 0.3) is 0 Å². The molecule has 0 bridgehead atoms. The summed E-state index contributed by atoms with van der Waals surface area (Å²) >= 11 is 4.82. The minimum absolute atomic E-state index is 0.0678. The summed E-state index contributed by atoms with van der Waals surface area (Å²) in [5.41, 5.74) is 2.96. The Kier molecular flexibility index (Phi) is 5.19. The summed E-state index contributed by atoms with van der Waals surface area (Å²) in [5.74, 6) is -0.0678. The predicted octanol–water partition coefficient (Wildman–Crippen LogP) is 0.435. The zero-order chi connectivity index (χ0) is 9.56. The van der Waals surface area contributed by atoms with Crippen LogP contribution in [0.4, 0.5) is 0 Å². The lowest BCUT2D eigenvalue weighted by Crippen LogP contribution is -2.32. The number of nitrogens with one attached hydrogen (secondary N) is 2. The third-order valence-electron chi connectivity index (χ3n) is 1.17. The molecule has 4 nitrogen and oxygen atoms in total. The van der Waals surface area contributed by atoms with Crippen LogP contribution in [0.1, 0.15) is 20.8 Å². The molecule has 0 saturated carbocycles. The van der Waals surface area contributed by atoms with Crippen molar-refractivity contribution in [3.05, 3.63) is 0 Å². The summed E-state index contributed by atoms with van der Waals surface area (Å²) in [7, 11) is 0. The Bertz CT molecular complexity index is 213. The SMILES string of the molecule is CCNC(=S)N/N=C(\C)C(C)=O. The van der Waals surface area contributed by atoms with Gasteiger partial charge >= 0.3 is 0 Å². The average Bonchev–Trinajstić information content (AvgIpc) is 2.00. The Hall–Kier alpha value is -0.970. The van der Waals surface area contributed by atoms with Crippen molar-refractivity contribution in [2.45, 2.75) is 20.8 Å². The molecule has 0 aromatic rings. The van der Waals surface area contributed by atoms with Crippen molar-refractivity contribution >= 4 is 28.8 Å². The van der Waals surface area contributed by atoms with E-state index in [4.69, 9.17) is 12.2 Å². The highest BCUT2D eigenvalue weighted by Gasteiger charge is 1.97. The normalized spacial score (nSPS) is 10.8. The van der Waals surface area contributed by atoms with Crippen LogP contribution >= 0.6 is 12.2 Å². The summed E-state index contributed by atoms with van der Waals surface area (Å²) in [4.78, 5) is 10.7. The molecule has 0 saturated heterocycles. The average molecular weight is 187 g/mol. The maximum atomic E-state index is 10.7. The van der Waals surface area contributed by atoms with Gasteiger partial charge in [0.05, 0.1) is 0 Å². The largest absolute Gasteiger partial charge is 0.362 e. The van der Waals surface area contributed by atoms with Crippen molar-refractivity contribution in [2.24, 2.45) is 5.10 Å². The Balaban J connectivity index is 3.87. The number of nitrogens with zero attached hydrogens (tertiary/aromatic N) is 1. The van der Waals surface area contributed by atoms with E-state index in [1.807, 2.05) is 6.92 Å². The molecular formula is C7H13N3OS. The quantitative estimate of drug-likeness (QED) is 0.382. The van der Waals surface area contributed by atoms with Crippen LogP contribution in [-0.4, -0.2) is 23.2 Å². The highest BCUT2D eigenvalue weighted by molar-refractivity contribution is 7.80. The standard InChI is InChI=1S/C7H13N3OS/c1-4-8-7(12)10-9-5(2)6(3)11/h4H2,1-3H3,(H2,8,10,12)/b9-5+. The van der Waals surface area contributed by atoms with Gasteiger partial charge in [-0.05, 0) is 26.1 Å². The Morgan fingerprint density at radius 2 is 2.08 bits per heavy atom. The van der Waals surface area contributed by atoms with Gasteiger partial charge in [0.2, 0.25) is 0 Å². The first-order chi connectivity index (χ1) is 5.57. The van der Waals surface area contributed by atoms with Gasteiger partial charge in [0.1, 0.15) is 5.71 Å². The smallest absolute Gasteiger partial charge is 0.186 e. The Morgan fingerprint density at radius 1 is 1.50 bits per heavy atom. The molecular weight excluding hydrogens is 174 g/mol. The van der Waals surface area contributed by atoms with Crippen molar-refractivity contribution in [1.29, 1.82) is 0 Å². The molecule has 0 aliphatic heterocycles. The van der Waals surface area contributed by atoms with E-state index in [9.17, 15) is 4.79 Å². The second-order valence-electron chi connectivity index (χ2n) is 2.22. The number of hydrogen-bond donors (Lipinski definition) is 2. The summed E-state index contributed by atoms with van der Waals surface area (Å²) in [6.07, 6.45) is 0. The van der Waals surface area contributed by atoms with Gasteiger partial charge in [-0.1, -0.05) is 0 Å². The third kappa shape index (κ3) is 4.79. The second kappa shape index (κ2) is 5.65. The molecule has 0 aromatic carbocycles. The third-order valence-corrected chi connectivity index (χ3v) is 1.41. The fourth-order valence-electron chi connectivity index (χ4n) is 0.413. The number of hydrazone groups is 1. The molecule has 0 spiro atoms. The van der Waals surface area contributed by atoms with Crippen molar-refractivity contribution < 1.29 is 4.79 Å². The number of Topliss-reactive ketones (excluding diaryl/α,β-unsaturated/α-hetero) is 1. The van der Waals surface area contributed by atoms with Gasteiger partial charge in [-0.25, -0.2) is 0 Å². The molecule has 0 aliphatic carbocycles. The first-order valence-corrected chi connectivity index (χ1v) is 4.07. The van der Waals surface area contributed by atoms with Crippen molar-refractivity contribution in [3.63, 3.8) is 0 Å². The number of ketones is 1. The van der Waals surface area contributed by atoms with Crippen LogP contribution in [0.3, 0.4) is 0 Å². The maximum Gasteiger partial charge on any atom is 0.186 e. The van der Waals surface area contributed by atoms with E-state index in [-0.39, 0.29) is 5.78 Å². The van der Waals surface area contributed by atoms with Crippen LogP contribution in [0.15, 0.2) is 5.10 Å². The first-order valence-electron chi connectivity index (χ1n) is 3.67. The van der Waals surface area contributed by atoms with Crippen molar-refractivity contribution in [3.8, 4) is 0 Å². The first kappa shape index (κ1) is 11.0. The summed E-state index contributed by atoms with van der Waals surface area (Å²) in [5, 5.41) is 7.03. The fraction of sp³-hybridized carbons (Fsp3) is 0.571. The molecule has 0 amide bonds. The maximum absolute atomic E-state index is 10.7. The highest BCUT2D eigenvalue weighted by Crippen LogP contribution is 1.77. The van der Waals surface area contributed by atoms with E-state index >= 15 is 0 Å². The number of thiocarbonyl (C=S) groups is 1. The van der Waals surface area contributed by atoms with Crippen LogP contribution in [-0.2, 0) is 4.79 Å². The molecule has 2 N–H and O–H groups in total. The number of carbonyl (C=O) groups excluding carboxylic acids is 1. The highest BCUT2D eigenvalue weighted by atomic mass is 32.1. The predicted molar refractivity (Wildman–Crippen MR) is 53.2 cm³/mol. The van der Waals surface area contributed by atoms with Gasteiger partial charge < -0.3 is 5.32 Å². The summed E-state index contributed by atoms with van der Waals surface area (Å²) < 4.78 is 0. The zero-order valence-corrected chi connectivity index (χ0v) is 8.29. The van der Waals surface area contributed by atoms with Crippen LogP contribution in [0.25, 0.3) is 0 Å². The number of hydrogen-bond acceptors (Lipinski definition) is 3. The molecule has 0 aromatic heterocycles. The van der Waals surface area contributed by atoms with Crippen LogP contribution in [0.2, 0.25) is 0 Å². The minimum atomic E-state index is -0.0678. The van der Waals surface area contributed by atoms with E-state index in [0.717, 1.165) is 6.54 Å². The molecule has 0 rings (SSSR count). The minimum Gasteiger partial charge on any atom is -0.362 e. The van der Waals surface area contributed by atoms with Crippen LogP contribution in [0.5, 0.6) is 0 Å². The van der Waals surface area contributed by atoms with E-state index < -0.39 is 0 Å². The van der Waals surface area contributed by atoms with E-state index in [1.165, 1.54) is 6.92 Å². The van der Waals surface area contributed by atoms with Crippen LogP contribution < -0.4 is 10.7 Å². The monoisotopic (exact) mass is 187 g/mol. The van der Waals surface area contributed by atoms with Gasteiger partial charge in [-0.2, -0.15) is 5.10 Å². The van der Waals surface area contributed by atoms with Gasteiger partial charge in [0.15, 0.2) is 10.9 Å². The summed E-state index contributed by atoms with van der Waals surface area (Å²) in [6, 6.07) is 0. The van der Waals surface area contributed by atoms with Gasteiger partial charge in [0, 0.05) is 13.5 Å². The lowest BCUT2D eigenvalue weighted by Gasteiger charge is -2.03. The number of rotatable bonds is 3. The van der Waals surface area contributed by atoms with E-state index in [0.29, 0.717) is 10.8 Å². The molecule has 0 heterocycles. The zero-order valence-electron chi connectivity index (χ0n) is 7.47. The molecule has 0 aliphatic rings. The summed E-state index contributed by atoms with van der Waals surface area (Å²) in [6.45, 7) is 5.75. The fourth-order valence-corrected chi connectivity index (χ4v) is 0.603. The van der Waals surface area contributed by atoms with Gasteiger partial charge in [-0.15, -0.1) is 0 Å². The molecule has 5 heteroatoms. The number of carbonyl (C=O) groups is 1. The van der Waals surface area contributed by atoms with Crippen molar-refractivity contribution in [1.82, 2.24) is 10.7 Å². The molecule has 0 radical (unpaired) electrons. The molecule has 0 fully saturated rings. The lowest BCUT2D eigenvalue weighted by atomic mass is 10.3. The van der Waals surface area contributed by atoms with Crippen molar-refractivity contribution in [2.75, 3.05) is 6.54 Å². The van der Waals surface area contributed by atoms with E-state index in [1.54, 1.807) is 6.92 Å². The van der Waals surface area contributed by atoms with Crippen LogP contribution in [0, 0.1) is 0 Å². The Labute approximate surface area is 77.4 Å². The molecule has 68 valence electrons. The second-order valence-corrected chi connectivity index (χ2v) is 2.63. The molecule has 0 atom stereocenters. The van der Waals surface area contributed by atoms with Gasteiger partial charge in [-0.3, -0.25) is 10.2 Å². The molecule has 0 unspecified atom stereocenters. The topological polar surface area (TPSA) is 53.5 Å².